The number of hydrogen-bond acceptors (Lipinski definition) is 3. The maximum Gasteiger partial charge on any atom is 0.196 e. The zero-order valence-corrected chi connectivity index (χ0v) is 11.7. The average Bonchev–Trinajstić information content (AvgIpc) is 2.41. The van der Waals surface area contributed by atoms with Crippen LogP contribution in [0.2, 0.25) is 0 Å². The van der Waals surface area contributed by atoms with Gasteiger partial charge in [-0.3, -0.25) is 4.79 Å². The van der Waals surface area contributed by atoms with Gasteiger partial charge in [0.25, 0.3) is 0 Å². The molecular weight excluding hydrogens is 313 g/mol. The van der Waals surface area contributed by atoms with Gasteiger partial charge < -0.3 is 10.5 Å². The summed E-state index contributed by atoms with van der Waals surface area (Å²) in [5.41, 5.74) is 6.00. The molecule has 0 saturated heterocycles. The molecule has 0 amide bonds. The summed E-state index contributed by atoms with van der Waals surface area (Å²) in [6.45, 7) is 0. The Morgan fingerprint density at radius 1 is 1.26 bits per heavy atom. The lowest BCUT2D eigenvalue weighted by Crippen LogP contribution is -2.05. The minimum absolute atomic E-state index is 0.0133. The first-order valence-electron chi connectivity index (χ1n) is 5.46. The molecule has 19 heavy (non-hydrogen) atoms. The third-order valence-electron chi connectivity index (χ3n) is 2.67. The van der Waals surface area contributed by atoms with Gasteiger partial charge in [-0.2, -0.15) is 0 Å². The number of anilines is 1. The Hall–Kier alpha value is -1.88. The summed E-state index contributed by atoms with van der Waals surface area (Å²) < 4.78 is 19.3. The fourth-order valence-corrected chi connectivity index (χ4v) is 2.02. The lowest BCUT2D eigenvalue weighted by Gasteiger charge is -2.08. The first-order chi connectivity index (χ1) is 9.02. The summed E-state index contributed by atoms with van der Waals surface area (Å²) in [5, 5.41) is 0. The summed E-state index contributed by atoms with van der Waals surface area (Å²) in [6, 6.07) is 9.01. The second-order valence-electron chi connectivity index (χ2n) is 3.91. The number of methoxy groups -OCH3 is 1. The van der Waals surface area contributed by atoms with Crippen LogP contribution in [0.15, 0.2) is 40.9 Å². The van der Waals surface area contributed by atoms with Crippen molar-refractivity contribution >= 4 is 27.4 Å². The number of hydrogen-bond donors (Lipinski definition) is 1. The van der Waals surface area contributed by atoms with Gasteiger partial charge in [-0.05, 0) is 36.4 Å². The zero-order chi connectivity index (χ0) is 14.0. The van der Waals surface area contributed by atoms with Crippen molar-refractivity contribution < 1.29 is 13.9 Å². The maximum absolute atomic E-state index is 13.4. The zero-order valence-electron chi connectivity index (χ0n) is 10.1. The smallest absolute Gasteiger partial charge is 0.196 e. The van der Waals surface area contributed by atoms with E-state index in [1.165, 1.54) is 19.2 Å². The molecule has 0 radical (unpaired) electrons. The van der Waals surface area contributed by atoms with Crippen LogP contribution in [0.25, 0.3) is 0 Å². The van der Waals surface area contributed by atoms with E-state index in [2.05, 4.69) is 15.9 Å². The van der Waals surface area contributed by atoms with E-state index in [9.17, 15) is 9.18 Å². The predicted molar refractivity (Wildman–Crippen MR) is 74.9 cm³/mol. The number of nitrogens with two attached hydrogens (primary N) is 1. The van der Waals surface area contributed by atoms with Gasteiger partial charge in [-0.25, -0.2) is 4.39 Å². The van der Waals surface area contributed by atoms with Crippen molar-refractivity contribution in [2.45, 2.75) is 0 Å². The Bertz CT molecular complexity index is 643. The molecule has 2 N–H and O–H groups in total. The van der Waals surface area contributed by atoms with E-state index in [0.717, 1.165) is 10.5 Å². The van der Waals surface area contributed by atoms with Crippen LogP contribution in [-0.4, -0.2) is 12.9 Å². The number of carbonyl (C=O) groups excluding carboxylic acids is 1. The number of nitrogen functional groups attached to an aromatic ring is 1. The van der Waals surface area contributed by atoms with E-state index in [4.69, 9.17) is 10.5 Å². The lowest BCUT2D eigenvalue weighted by atomic mass is 10.0. The van der Waals surface area contributed by atoms with Crippen LogP contribution in [0.5, 0.6) is 5.75 Å². The topological polar surface area (TPSA) is 52.3 Å². The van der Waals surface area contributed by atoms with Gasteiger partial charge in [0.15, 0.2) is 5.78 Å². The van der Waals surface area contributed by atoms with Crippen molar-refractivity contribution in [1.29, 1.82) is 0 Å². The summed E-state index contributed by atoms with van der Waals surface area (Å²) in [5.74, 6) is -0.498. The highest BCUT2D eigenvalue weighted by atomic mass is 79.9. The minimum Gasteiger partial charge on any atom is -0.496 e. The Kier molecular flexibility index (Phi) is 3.85. The van der Waals surface area contributed by atoms with Crippen LogP contribution < -0.4 is 10.5 Å². The van der Waals surface area contributed by atoms with Gasteiger partial charge >= 0.3 is 0 Å². The van der Waals surface area contributed by atoms with Gasteiger partial charge in [0.2, 0.25) is 0 Å². The molecule has 3 nitrogen and oxygen atoms in total. The van der Waals surface area contributed by atoms with E-state index in [1.807, 2.05) is 0 Å². The summed E-state index contributed by atoms with van der Waals surface area (Å²) in [6.07, 6.45) is 0. The molecule has 0 atom stereocenters. The highest BCUT2D eigenvalue weighted by Crippen LogP contribution is 2.26. The van der Waals surface area contributed by atoms with Crippen molar-refractivity contribution in [3.8, 4) is 5.75 Å². The van der Waals surface area contributed by atoms with E-state index in [1.54, 1.807) is 18.2 Å². The SMILES string of the molecule is COc1cc(Br)ccc1C(=O)c1ccc(N)c(F)c1. The molecule has 0 saturated carbocycles. The first kappa shape index (κ1) is 13.5. The van der Waals surface area contributed by atoms with E-state index >= 15 is 0 Å². The Morgan fingerprint density at radius 3 is 2.63 bits per heavy atom. The second kappa shape index (κ2) is 5.40. The quantitative estimate of drug-likeness (QED) is 0.695. The minimum atomic E-state index is -0.609. The van der Waals surface area contributed by atoms with Crippen LogP contribution in [0.4, 0.5) is 10.1 Å². The van der Waals surface area contributed by atoms with Gasteiger partial charge in [-0.15, -0.1) is 0 Å². The van der Waals surface area contributed by atoms with Crippen molar-refractivity contribution in [3.05, 3.63) is 57.8 Å². The molecule has 2 rings (SSSR count). The fourth-order valence-electron chi connectivity index (χ4n) is 1.68. The molecule has 0 bridgehead atoms. The highest BCUT2D eigenvalue weighted by molar-refractivity contribution is 9.10. The van der Waals surface area contributed by atoms with Crippen LogP contribution in [-0.2, 0) is 0 Å². The Labute approximate surface area is 118 Å². The molecule has 0 unspecified atom stereocenters. The molecule has 0 aliphatic heterocycles. The third-order valence-corrected chi connectivity index (χ3v) is 3.16. The molecule has 2 aromatic rings. The van der Waals surface area contributed by atoms with E-state index in [-0.39, 0.29) is 17.0 Å². The summed E-state index contributed by atoms with van der Waals surface area (Å²) in [4.78, 5) is 12.3. The molecule has 98 valence electrons. The maximum atomic E-state index is 13.4. The van der Waals surface area contributed by atoms with Crippen molar-refractivity contribution in [3.63, 3.8) is 0 Å². The third kappa shape index (κ3) is 2.76. The number of carbonyl (C=O) groups is 1. The van der Waals surface area contributed by atoms with Crippen LogP contribution in [0.1, 0.15) is 15.9 Å². The standard InChI is InChI=1S/C14H11BrFNO2/c1-19-13-7-9(15)3-4-10(13)14(18)8-2-5-12(17)11(16)6-8/h2-7H,17H2,1H3. The van der Waals surface area contributed by atoms with Crippen molar-refractivity contribution in [1.82, 2.24) is 0 Å². The fraction of sp³-hybridized carbons (Fsp3) is 0.0714. The average molecular weight is 324 g/mol. The van der Waals surface area contributed by atoms with E-state index < -0.39 is 5.82 Å². The van der Waals surface area contributed by atoms with Crippen LogP contribution in [0.3, 0.4) is 0 Å². The molecular formula is C14H11BrFNO2. The second-order valence-corrected chi connectivity index (χ2v) is 4.83. The molecule has 0 aromatic heterocycles. The summed E-state index contributed by atoms with van der Waals surface area (Å²) >= 11 is 3.30. The number of ether oxygens (including phenoxy) is 1. The summed E-state index contributed by atoms with van der Waals surface area (Å²) in [7, 11) is 1.47. The Morgan fingerprint density at radius 2 is 2.00 bits per heavy atom. The molecule has 0 fully saturated rings. The number of rotatable bonds is 3. The van der Waals surface area contributed by atoms with Gasteiger partial charge in [-0.1, -0.05) is 15.9 Å². The van der Waals surface area contributed by atoms with Gasteiger partial charge in [0, 0.05) is 10.0 Å². The van der Waals surface area contributed by atoms with Gasteiger partial charge in [0.05, 0.1) is 18.4 Å². The number of ketones is 1. The van der Waals surface area contributed by atoms with Gasteiger partial charge in [0.1, 0.15) is 11.6 Å². The number of halogens is 2. The molecule has 5 heteroatoms. The molecule has 0 heterocycles. The molecule has 0 aliphatic carbocycles. The van der Waals surface area contributed by atoms with Crippen LogP contribution >= 0.6 is 15.9 Å². The molecule has 0 spiro atoms. The largest absolute Gasteiger partial charge is 0.496 e. The molecule has 0 aliphatic rings. The lowest BCUT2D eigenvalue weighted by molar-refractivity contribution is 0.103. The number of benzene rings is 2. The predicted octanol–water partition coefficient (Wildman–Crippen LogP) is 3.41. The monoisotopic (exact) mass is 323 g/mol. The molecule has 2 aromatic carbocycles. The van der Waals surface area contributed by atoms with Crippen molar-refractivity contribution in [2.24, 2.45) is 0 Å². The Balaban J connectivity index is 2.46. The van der Waals surface area contributed by atoms with Crippen LogP contribution in [0, 0.1) is 5.82 Å². The van der Waals surface area contributed by atoms with Crippen molar-refractivity contribution in [2.75, 3.05) is 12.8 Å². The first-order valence-corrected chi connectivity index (χ1v) is 6.25. The van der Waals surface area contributed by atoms with E-state index in [0.29, 0.717) is 11.3 Å². The normalized spacial score (nSPS) is 10.3. The highest BCUT2D eigenvalue weighted by Gasteiger charge is 2.16.